The predicted octanol–water partition coefficient (Wildman–Crippen LogP) is 1.54. The van der Waals surface area contributed by atoms with Gasteiger partial charge < -0.3 is 15.3 Å². The molecule has 0 saturated carbocycles. The number of aromatic nitrogens is 4. The number of nitrogen functional groups attached to an aromatic ring is 1. The first-order valence-electron chi connectivity index (χ1n) is 6.58. The zero-order chi connectivity index (χ0) is 14.7. The van der Waals surface area contributed by atoms with Gasteiger partial charge >= 0.3 is 0 Å². The summed E-state index contributed by atoms with van der Waals surface area (Å²) in [5.41, 5.74) is 3.52. The van der Waals surface area contributed by atoms with E-state index in [-0.39, 0.29) is 5.92 Å². The molecular formula is C13H21N7. The molecule has 0 spiro atoms. The molecule has 7 heteroatoms. The van der Waals surface area contributed by atoms with Crippen LogP contribution in [0.15, 0.2) is 12.4 Å². The standard InChI is InChI=1S/C13H21N7/c1-8(2)11-17-12(9(3)13(18-11)19-14)16-7-10-15-5-6-20(10)4/h5-6,8H,7,14H2,1-4H3,(H2,16,17,18,19). The van der Waals surface area contributed by atoms with Crippen molar-refractivity contribution in [3.8, 4) is 0 Å². The van der Waals surface area contributed by atoms with E-state index in [9.17, 15) is 0 Å². The summed E-state index contributed by atoms with van der Waals surface area (Å²) in [5.74, 6) is 8.87. The molecule has 2 aromatic rings. The van der Waals surface area contributed by atoms with E-state index in [0.29, 0.717) is 12.4 Å². The monoisotopic (exact) mass is 275 g/mol. The van der Waals surface area contributed by atoms with Gasteiger partial charge in [-0.05, 0) is 6.92 Å². The maximum absolute atomic E-state index is 5.52. The highest BCUT2D eigenvalue weighted by molar-refractivity contribution is 5.56. The molecule has 0 aromatic carbocycles. The molecule has 0 radical (unpaired) electrons. The van der Waals surface area contributed by atoms with Crippen molar-refractivity contribution in [3.63, 3.8) is 0 Å². The van der Waals surface area contributed by atoms with Crippen molar-refractivity contribution >= 4 is 11.6 Å². The molecule has 0 saturated heterocycles. The highest BCUT2D eigenvalue weighted by Crippen LogP contribution is 2.22. The van der Waals surface area contributed by atoms with Crippen LogP contribution in [0.1, 0.15) is 37.0 Å². The number of nitrogens with one attached hydrogen (secondary N) is 2. The van der Waals surface area contributed by atoms with Crippen molar-refractivity contribution < 1.29 is 0 Å². The van der Waals surface area contributed by atoms with Crippen molar-refractivity contribution in [2.45, 2.75) is 33.2 Å². The van der Waals surface area contributed by atoms with E-state index in [4.69, 9.17) is 5.84 Å². The number of hydrogen-bond donors (Lipinski definition) is 3. The summed E-state index contributed by atoms with van der Waals surface area (Å²) in [5, 5.41) is 3.30. The topological polar surface area (TPSA) is 93.7 Å². The van der Waals surface area contributed by atoms with E-state index in [0.717, 1.165) is 23.0 Å². The Hall–Kier alpha value is -2.15. The van der Waals surface area contributed by atoms with E-state index in [1.807, 2.05) is 38.6 Å². The Morgan fingerprint density at radius 1 is 1.30 bits per heavy atom. The molecule has 2 rings (SSSR count). The smallest absolute Gasteiger partial charge is 0.148 e. The van der Waals surface area contributed by atoms with Gasteiger partial charge in [0, 0.05) is 30.9 Å². The van der Waals surface area contributed by atoms with Gasteiger partial charge in [0.25, 0.3) is 0 Å². The number of rotatable bonds is 5. The summed E-state index contributed by atoms with van der Waals surface area (Å²) in [6.07, 6.45) is 3.69. The minimum atomic E-state index is 0.233. The molecule has 0 amide bonds. The van der Waals surface area contributed by atoms with Gasteiger partial charge in [-0.3, -0.25) is 0 Å². The molecule has 2 aromatic heterocycles. The number of hydrogen-bond acceptors (Lipinski definition) is 6. The van der Waals surface area contributed by atoms with Crippen LogP contribution < -0.4 is 16.6 Å². The molecule has 0 aliphatic carbocycles. The highest BCUT2D eigenvalue weighted by atomic mass is 15.3. The SMILES string of the molecule is Cc1c(NN)nc(C(C)C)nc1NCc1nccn1C. The Kier molecular flexibility index (Phi) is 4.19. The molecule has 2 heterocycles. The van der Waals surface area contributed by atoms with Crippen LogP contribution in [0.4, 0.5) is 11.6 Å². The maximum atomic E-state index is 5.52. The van der Waals surface area contributed by atoms with Gasteiger partial charge in [0.2, 0.25) is 0 Å². The number of hydrazine groups is 1. The second kappa shape index (κ2) is 5.87. The van der Waals surface area contributed by atoms with E-state index in [2.05, 4.69) is 25.7 Å². The largest absolute Gasteiger partial charge is 0.362 e. The highest BCUT2D eigenvalue weighted by Gasteiger charge is 2.12. The summed E-state index contributed by atoms with van der Waals surface area (Å²) >= 11 is 0. The average molecular weight is 275 g/mol. The van der Waals surface area contributed by atoms with Crippen LogP contribution in [0.2, 0.25) is 0 Å². The summed E-state index contributed by atoms with van der Waals surface area (Å²) < 4.78 is 1.97. The van der Waals surface area contributed by atoms with E-state index >= 15 is 0 Å². The Balaban J connectivity index is 2.26. The molecule has 7 nitrogen and oxygen atoms in total. The normalized spacial score (nSPS) is 10.9. The van der Waals surface area contributed by atoms with Crippen molar-refractivity contribution in [1.82, 2.24) is 19.5 Å². The Morgan fingerprint density at radius 2 is 2.00 bits per heavy atom. The number of nitrogens with zero attached hydrogens (tertiary/aromatic N) is 4. The Bertz CT molecular complexity index is 588. The molecule has 0 fully saturated rings. The lowest BCUT2D eigenvalue weighted by Gasteiger charge is -2.14. The fourth-order valence-electron chi connectivity index (χ4n) is 1.83. The number of anilines is 2. The quantitative estimate of drug-likeness (QED) is 0.566. The van der Waals surface area contributed by atoms with Gasteiger partial charge in [0.1, 0.15) is 23.3 Å². The lowest BCUT2D eigenvalue weighted by Crippen LogP contribution is -2.16. The molecule has 0 aliphatic rings. The second-order valence-electron chi connectivity index (χ2n) is 5.01. The Morgan fingerprint density at radius 3 is 2.55 bits per heavy atom. The first kappa shape index (κ1) is 14.3. The number of nitrogens with two attached hydrogens (primary N) is 1. The molecule has 0 unspecified atom stereocenters. The van der Waals surface area contributed by atoms with Crippen LogP contribution in [-0.4, -0.2) is 19.5 Å². The van der Waals surface area contributed by atoms with Crippen molar-refractivity contribution in [2.24, 2.45) is 12.9 Å². The summed E-state index contributed by atoms with van der Waals surface area (Å²) in [4.78, 5) is 13.2. The molecule has 0 atom stereocenters. The third-order valence-electron chi connectivity index (χ3n) is 3.15. The summed E-state index contributed by atoms with van der Waals surface area (Å²) in [6, 6.07) is 0. The lowest BCUT2D eigenvalue weighted by atomic mass is 10.2. The molecule has 20 heavy (non-hydrogen) atoms. The van der Waals surface area contributed by atoms with E-state index in [1.165, 1.54) is 0 Å². The van der Waals surface area contributed by atoms with E-state index < -0.39 is 0 Å². The van der Waals surface area contributed by atoms with Gasteiger partial charge in [-0.15, -0.1) is 0 Å². The van der Waals surface area contributed by atoms with Gasteiger partial charge in [0.05, 0.1) is 6.54 Å². The van der Waals surface area contributed by atoms with Crippen LogP contribution in [0.5, 0.6) is 0 Å². The van der Waals surface area contributed by atoms with Crippen LogP contribution in [0.3, 0.4) is 0 Å². The summed E-state index contributed by atoms with van der Waals surface area (Å²) in [6.45, 7) is 6.63. The van der Waals surface area contributed by atoms with Gasteiger partial charge in [0.15, 0.2) is 0 Å². The molecule has 4 N–H and O–H groups in total. The molecular weight excluding hydrogens is 254 g/mol. The van der Waals surface area contributed by atoms with Gasteiger partial charge in [-0.1, -0.05) is 13.8 Å². The van der Waals surface area contributed by atoms with Gasteiger partial charge in [-0.2, -0.15) is 0 Å². The number of aryl methyl sites for hydroxylation is 1. The fourth-order valence-corrected chi connectivity index (χ4v) is 1.83. The van der Waals surface area contributed by atoms with Crippen LogP contribution in [0.25, 0.3) is 0 Å². The zero-order valence-electron chi connectivity index (χ0n) is 12.3. The minimum Gasteiger partial charge on any atom is -0.362 e. The third-order valence-corrected chi connectivity index (χ3v) is 3.15. The Labute approximate surface area is 118 Å². The van der Waals surface area contributed by atoms with Gasteiger partial charge in [-0.25, -0.2) is 20.8 Å². The third kappa shape index (κ3) is 2.88. The van der Waals surface area contributed by atoms with Crippen molar-refractivity contribution in [3.05, 3.63) is 29.6 Å². The predicted molar refractivity (Wildman–Crippen MR) is 79.2 cm³/mol. The number of imidazole rings is 1. The lowest BCUT2D eigenvalue weighted by molar-refractivity contribution is 0.767. The molecule has 0 bridgehead atoms. The summed E-state index contributed by atoms with van der Waals surface area (Å²) in [7, 11) is 1.96. The molecule has 108 valence electrons. The average Bonchev–Trinajstić information content (AvgIpc) is 2.83. The van der Waals surface area contributed by atoms with Crippen LogP contribution >= 0.6 is 0 Å². The van der Waals surface area contributed by atoms with Crippen LogP contribution in [-0.2, 0) is 13.6 Å². The second-order valence-corrected chi connectivity index (χ2v) is 5.01. The zero-order valence-corrected chi connectivity index (χ0v) is 12.3. The first-order chi connectivity index (χ1) is 9.52. The maximum Gasteiger partial charge on any atom is 0.148 e. The van der Waals surface area contributed by atoms with Crippen LogP contribution in [0, 0.1) is 6.92 Å². The first-order valence-corrected chi connectivity index (χ1v) is 6.58. The van der Waals surface area contributed by atoms with Crippen molar-refractivity contribution in [1.29, 1.82) is 0 Å². The minimum absolute atomic E-state index is 0.233. The molecule has 0 aliphatic heterocycles. The fraction of sp³-hybridized carbons (Fsp3) is 0.462. The van der Waals surface area contributed by atoms with E-state index in [1.54, 1.807) is 6.20 Å². The van der Waals surface area contributed by atoms with Crippen molar-refractivity contribution in [2.75, 3.05) is 10.7 Å².